The monoisotopic (exact) mass is 328 g/mol. The van der Waals surface area contributed by atoms with Crippen molar-refractivity contribution in [3.63, 3.8) is 0 Å². The number of ether oxygens (including phenoxy) is 1. The number of halogens is 1. The Morgan fingerprint density at radius 1 is 1.37 bits per heavy atom. The minimum Gasteiger partial charge on any atom is -0.496 e. The zero-order valence-corrected chi connectivity index (χ0v) is 13.4. The van der Waals surface area contributed by atoms with Gasteiger partial charge in [-0.1, -0.05) is 29.8 Å². The molecule has 0 heterocycles. The first kappa shape index (κ1) is 16.0. The van der Waals surface area contributed by atoms with E-state index in [1.807, 2.05) is 13.1 Å². The highest BCUT2D eigenvalue weighted by Crippen LogP contribution is 2.23. The summed E-state index contributed by atoms with van der Waals surface area (Å²) >= 11 is 3.36. The van der Waals surface area contributed by atoms with Crippen LogP contribution >= 0.6 is 15.9 Å². The molecule has 0 aliphatic rings. The van der Waals surface area contributed by atoms with Gasteiger partial charge in [-0.05, 0) is 30.7 Å². The first-order chi connectivity index (χ1) is 8.89. The van der Waals surface area contributed by atoms with Crippen LogP contribution in [0.5, 0.6) is 5.75 Å². The Kier molecular flexibility index (Phi) is 5.82. The van der Waals surface area contributed by atoms with E-state index in [0.717, 1.165) is 11.0 Å². The molecule has 106 valence electrons. The smallest absolute Gasteiger partial charge is 0.255 e. The number of benzene rings is 1. The van der Waals surface area contributed by atoms with Gasteiger partial charge in [0.05, 0.1) is 12.7 Å². The van der Waals surface area contributed by atoms with Crippen molar-refractivity contribution in [3.8, 4) is 5.75 Å². The number of carbonyl (C=O) groups is 1. The molecule has 0 aromatic heterocycles. The summed E-state index contributed by atoms with van der Waals surface area (Å²) in [5.74, 6) is 0.453. The molecule has 2 N–H and O–H groups in total. The number of hydrogen-bond acceptors (Lipinski definition) is 3. The van der Waals surface area contributed by atoms with Crippen molar-refractivity contribution in [1.82, 2.24) is 10.6 Å². The topological polar surface area (TPSA) is 50.4 Å². The Balaban J connectivity index is 2.76. The largest absolute Gasteiger partial charge is 0.496 e. The third-order valence-electron chi connectivity index (χ3n) is 2.79. The highest BCUT2D eigenvalue weighted by Gasteiger charge is 2.19. The molecule has 19 heavy (non-hydrogen) atoms. The van der Waals surface area contributed by atoms with Gasteiger partial charge >= 0.3 is 0 Å². The summed E-state index contributed by atoms with van der Waals surface area (Å²) in [6, 6.07) is 5.39. The molecular weight excluding hydrogens is 308 g/mol. The first-order valence-corrected chi connectivity index (χ1v) is 6.95. The first-order valence-electron chi connectivity index (χ1n) is 6.16. The Morgan fingerprint density at radius 2 is 2.05 bits per heavy atom. The van der Waals surface area contributed by atoms with E-state index in [4.69, 9.17) is 4.74 Å². The third-order valence-corrected chi connectivity index (χ3v) is 3.28. The minimum atomic E-state index is -0.123. The molecule has 0 fully saturated rings. The van der Waals surface area contributed by atoms with Crippen LogP contribution in [0, 0.1) is 5.41 Å². The minimum absolute atomic E-state index is 0.00363. The summed E-state index contributed by atoms with van der Waals surface area (Å²) in [5.41, 5.74) is 0.543. The highest BCUT2D eigenvalue weighted by molar-refractivity contribution is 9.10. The van der Waals surface area contributed by atoms with Gasteiger partial charge in [-0.3, -0.25) is 4.79 Å². The van der Waals surface area contributed by atoms with E-state index < -0.39 is 0 Å². The van der Waals surface area contributed by atoms with Crippen molar-refractivity contribution in [3.05, 3.63) is 28.2 Å². The van der Waals surface area contributed by atoms with Crippen molar-refractivity contribution in [2.24, 2.45) is 5.41 Å². The molecule has 1 amide bonds. The number of amides is 1. The fourth-order valence-corrected chi connectivity index (χ4v) is 2.17. The van der Waals surface area contributed by atoms with Crippen LogP contribution < -0.4 is 15.4 Å². The van der Waals surface area contributed by atoms with E-state index in [9.17, 15) is 4.79 Å². The van der Waals surface area contributed by atoms with E-state index in [1.54, 1.807) is 19.2 Å². The SMILES string of the molecule is CNCC(C)(C)CNC(=O)c1cc(Br)ccc1OC. The molecule has 0 saturated carbocycles. The number of hydrogen-bond donors (Lipinski definition) is 2. The predicted molar refractivity (Wildman–Crippen MR) is 80.7 cm³/mol. The molecule has 1 rings (SSSR count). The maximum absolute atomic E-state index is 12.2. The molecule has 0 atom stereocenters. The molecule has 1 aromatic carbocycles. The molecule has 0 aliphatic heterocycles. The lowest BCUT2D eigenvalue weighted by atomic mass is 9.93. The van der Waals surface area contributed by atoms with Crippen molar-refractivity contribution in [2.75, 3.05) is 27.2 Å². The van der Waals surface area contributed by atoms with Crippen molar-refractivity contribution >= 4 is 21.8 Å². The Labute approximate surface area is 123 Å². The van der Waals surface area contributed by atoms with E-state index in [0.29, 0.717) is 17.9 Å². The molecule has 0 saturated heterocycles. The van der Waals surface area contributed by atoms with Gasteiger partial charge in [-0.2, -0.15) is 0 Å². The average molecular weight is 329 g/mol. The molecule has 1 aromatic rings. The van der Waals surface area contributed by atoms with Crippen LogP contribution in [-0.4, -0.2) is 33.2 Å². The second kappa shape index (κ2) is 6.91. The van der Waals surface area contributed by atoms with Gasteiger partial charge in [-0.25, -0.2) is 0 Å². The van der Waals surface area contributed by atoms with Crippen LogP contribution in [0.25, 0.3) is 0 Å². The second-order valence-corrected chi connectivity index (χ2v) is 6.14. The fourth-order valence-electron chi connectivity index (χ4n) is 1.81. The molecule has 0 bridgehead atoms. The average Bonchev–Trinajstić information content (AvgIpc) is 2.36. The Hall–Kier alpha value is -1.07. The van der Waals surface area contributed by atoms with Crippen LogP contribution in [0.3, 0.4) is 0 Å². The molecule has 5 heteroatoms. The molecule has 0 unspecified atom stereocenters. The zero-order chi connectivity index (χ0) is 14.5. The molecule has 0 spiro atoms. The van der Waals surface area contributed by atoms with Gasteiger partial charge in [-0.15, -0.1) is 0 Å². The number of nitrogens with one attached hydrogen (secondary N) is 2. The van der Waals surface area contributed by atoms with Crippen LogP contribution in [0.1, 0.15) is 24.2 Å². The second-order valence-electron chi connectivity index (χ2n) is 5.22. The zero-order valence-electron chi connectivity index (χ0n) is 11.8. The van der Waals surface area contributed by atoms with E-state index in [-0.39, 0.29) is 11.3 Å². The van der Waals surface area contributed by atoms with Crippen LogP contribution in [0.2, 0.25) is 0 Å². The summed E-state index contributed by atoms with van der Waals surface area (Å²) in [6.45, 7) is 5.63. The van der Waals surface area contributed by atoms with Gasteiger partial charge in [0.25, 0.3) is 5.91 Å². The van der Waals surface area contributed by atoms with Crippen LogP contribution in [0.15, 0.2) is 22.7 Å². The molecule has 0 radical (unpaired) electrons. The maximum atomic E-state index is 12.2. The fraction of sp³-hybridized carbons (Fsp3) is 0.500. The summed E-state index contributed by atoms with van der Waals surface area (Å²) in [6.07, 6.45) is 0. The maximum Gasteiger partial charge on any atom is 0.255 e. The summed E-state index contributed by atoms with van der Waals surface area (Å²) in [5, 5.41) is 6.07. The molecular formula is C14H21BrN2O2. The van der Waals surface area contributed by atoms with Gasteiger partial charge < -0.3 is 15.4 Å². The molecule has 0 aliphatic carbocycles. The van der Waals surface area contributed by atoms with Crippen molar-refractivity contribution in [1.29, 1.82) is 0 Å². The summed E-state index contributed by atoms with van der Waals surface area (Å²) in [4.78, 5) is 12.2. The third kappa shape index (κ3) is 4.84. The van der Waals surface area contributed by atoms with Gasteiger partial charge in [0, 0.05) is 17.6 Å². The lowest BCUT2D eigenvalue weighted by Crippen LogP contribution is -2.39. The lowest BCUT2D eigenvalue weighted by Gasteiger charge is -2.24. The van der Waals surface area contributed by atoms with Crippen molar-refractivity contribution < 1.29 is 9.53 Å². The van der Waals surface area contributed by atoms with Crippen molar-refractivity contribution in [2.45, 2.75) is 13.8 Å². The van der Waals surface area contributed by atoms with Crippen LogP contribution in [-0.2, 0) is 0 Å². The number of rotatable bonds is 6. The highest BCUT2D eigenvalue weighted by atomic mass is 79.9. The summed E-state index contributed by atoms with van der Waals surface area (Å²) < 4.78 is 6.06. The number of methoxy groups -OCH3 is 1. The van der Waals surface area contributed by atoms with Gasteiger partial charge in [0.15, 0.2) is 0 Å². The van der Waals surface area contributed by atoms with Crippen LogP contribution in [0.4, 0.5) is 0 Å². The van der Waals surface area contributed by atoms with Gasteiger partial charge in [0.1, 0.15) is 5.75 Å². The Bertz CT molecular complexity index is 447. The predicted octanol–water partition coefficient (Wildman–Crippen LogP) is 2.43. The van der Waals surface area contributed by atoms with E-state index in [1.165, 1.54) is 0 Å². The Morgan fingerprint density at radius 3 is 2.63 bits per heavy atom. The van der Waals surface area contributed by atoms with E-state index >= 15 is 0 Å². The normalized spacial score (nSPS) is 11.2. The van der Waals surface area contributed by atoms with Gasteiger partial charge in [0.2, 0.25) is 0 Å². The number of carbonyl (C=O) groups excluding carboxylic acids is 1. The summed E-state index contributed by atoms with van der Waals surface area (Å²) in [7, 11) is 3.46. The lowest BCUT2D eigenvalue weighted by molar-refractivity contribution is 0.0933. The quantitative estimate of drug-likeness (QED) is 0.843. The standard InChI is InChI=1S/C14H21BrN2O2/c1-14(2,8-16-3)9-17-13(18)11-7-10(15)5-6-12(11)19-4/h5-7,16H,8-9H2,1-4H3,(H,17,18). The molecule has 4 nitrogen and oxygen atoms in total. The van der Waals surface area contributed by atoms with E-state index in [2.05, 4.69) is 40.4 Å².